The molecule has 4 rings (SSSR count). The molecule has 5 heteroatoms. The number of amides is 1. The molecule has 0 atom stereocenters. The zero-order chi connectivity index (χ0) is 19.5. The minimum atomic E-state index is 0.0310. The standard InChI is InChI=1S/C23H21N3OS/c1-16-11-17(2)22-20(12-16)28-23(25-22)26(15-19-9-6-10-24-14-19)21(27)13-18-7-4-3-5-8-18/h3-12,14H,13,15H2,1-2H3. The van der Waals surface area contributed by atoms with E-state index in [2.05, 4.69) is 31.0 Å². The van der Waals surface area contributed by atoms with Crippen LogP contribution in [0.4, 0.5) is 5.13 Å². The molecule has 140 valence electrons. The molecule has 0 aliphatic rings. The van der Waals surface area contributed by atoms with E-state index in [9.17, 15) is 4.79 Å². The van der Waals surface area contributed by atoms with E-state index in [1.54, 1.807) is 28.6 Å². The molecule has 2 heterocycles. The number of nitrogens with zero attached hydrogens (tertiary/aromatic N) is 3. The Hall–Kier alpha value is -3.05. The highest BCUT2D eigenvalue weighted by atomic mass is 32.1. The molecule has 0 saturated heterocycles. The van der Waals surface area contributed by atoms with Gasteiger partial charge >= 0.3 is 0 Å². The number of carbonyl (C=O) groups excluding carboxylic acids is 1. The van der Waals surface area contributed by atoms with Gasteiger partial charge in [0.1, 0.15) is 0 Å². The first-order valence-electron chi connectivity index (χ1n) is 9.21. The maximum Gasteiger partial charge on any atom is 0.233 e. The van der Waals surface area contributed by atoms with Crippen LogP contribution in [0.5, 0.6) is 0 Å². The molecule has 4 nitrogen and oxygen atoms in total. The van der Waals surface area contributed by atoms with Crippen LogP contribution in [0.15, 0.2) is 67.0 Å². The van der Waals surface area contributed by atoms with Crippen molar-refractivity contribution in [1.29, 1.82) is 0 Å². The van der Waals surface area contributed by atoms with E-state index in [0.29, 0.717) is 13.0 Å². The summed E-state index contributed by atoms with van der Waals surface area (Å²) in [5, 5.41) is 0.730. The number of pyridine rings is 1. The van der Waals surface area contributed by atoms with Gasteiger partial charge in [0.25, 0.3) is 0 Å². The van der Waals surface area contributed by atoms with Crippen LogP contribution in [0.25, 0.3) is 10.2 Å². The van der Waals surface area contributed by atoms with Gasteiger partial charge in [-0.1, -0.05) is 53.8 Å². The van der Waals surface area contributed by atoms with E-state index < -0.39 is 0 Å². The van der Waals surface area contributed by atoms with Crippen molar-refractivity contribution >= 4 is 32.6 Å². The number of benzene rings is 2. The molecule has 0 fully saturated rings. The lowest BCUT2D eigenvalue weighted by atomic mass is 10.1. The number of fused-ring (bicyclic) bond motifs is 1. The number of aryl methyl sites for hydroxylation is 2. The van der Waals surface area contributed by atoms with Gasteiger partial charge in [-0.3, -0.25) is 14.7 Å². The van der Waals surface area contributed by atoms with Crippen LogP contribution in [0, 0.1) is 13.8 Å². The van der Waals surface area contributed by atoms with E-state index in [1.807, 2.05) is 42.5 Å². The average molecular weight is 388 g/mol. The number of carbonyl (C=O) groups is 1. The molecule has 0 N–H and O–H groups in total. The summed E-state index contributed by atoms with van der Waals surface area (Å²) in [5.41, 5.74) is 5.28. The lowest BCUT2D eigenvalue weighted by molar-refractivity contribution is -0.118. The van der Waals surface area contributed by atoms with Crippen LogP contribution in [0.1, 0.15) is 22.3 Å². The molecule has 0 aliphatic heterocycles. The number of aromatic nitrogens is 2. The normalized spacial score (nSPS) is 10.9. The zero-order valence-electron chi connectivity index (χ0n) is 15.9. The Labute approximate surface area is 168 Å². The molecular weight excluding hydrogens is 366 g/mol. The van der Waals surface area contributed by atoms with Crippen molar-refractivity contribution in [3.8, 4) is 0 Å². The maximum absolute atomic E-state index is 13.2. The lowest BCUT2D eigenvalue weighted by Crippen LogP contribution is -2.31. The molecule has 0 bridgehead atoms. The second-order valence-electron chi connectivity index (χ2n) is 6.93. The SMILES string of the molecule is Cc1cc(C)c2nc(N(Cc3cccnc3)C(=O)Cc3ccccc3)sc2c1. The van der Waals surface area contributed by atoms with Crippen LogP contribution in [-0.2, 0) is 17.8 Å². The van der Waals surface area contributed by atoms with Crippen molar-refractivity contribution in [2.75, 3.05) is 4.90 Å². The maximum atomic E-state index is 13.2. The van der Waals surface area contributed by atoms with Gasteiger partial charge < -0.3 is 0 Å². The largest absolute Gasteiger partial charge is 0.283 e. The Kier molecular flexibility index (Phi) is 5.17. The van der Waals surface area contributed by atoms with Gasteiger partial charge in [0.2, 0.25) is 5.91 Å². The summed E-state index contributed by atoms with van der Waals surface area (Å²) in [6.45, 7) is 4.60. The first-order valence-corrected chi connectivity index (χ1v) is 10.0. The molecule has 2 aromatic carbocycles. The minimum Gasteiger partial charge on any atom is -0.283 e. The topological polar surface area (TPSA) is 46.1 Å². The zero-order valence-corrected chi connectivity index (χ0v) is 16.7. The van der Waals surface area contributed by atoms with Gasteiger partial charge in [0, 0.05) is 12.4 Å². The fraction of sp³-hybridized carbons (Fsp3) is 0.174. The molecular formula is C23H21N3OS. The summed E-state index contributed by atoms with van der Waals surface area (Å²) < 4.78 is 1.11. The average Bonchev–Trinajstić information content (AvgIpc) is 3.11. The van der Waals surface area contributed by atoms with Crippen LogP contribution in [0.3, 0.4) is 0 Å². The van der Waals surface area contributed by atoms with Gasteiger partial charge in [-0.05, 0) is 48.2 Å². The van der Waals surface area contributed by atoms with Crippen molar-refractivity contribution in [1.82, 2.24) is 9.97 Å². The number of thiazole rings is 1. The lowest BCUT2D eigenvalue weighted by Gasteiger charge is -2.20. The van der Waals surface area contributed by atoms with Gasteiger partial charge in [-0.15, -0.1) is 0 Å². The van der Waals surface area contributed by atoms with Crippen LogP contribution >= 0.6 is 11.3 Å². The molecule has 0 unspecified atom stereocenters. The van der Waals surface area contributed by atoms with Crippen molar-refractivity contribution in [3.63, 3.8) is 0 Å². The van der Waals surface area contributed by atoms with Crippen molar-refractivity contribution in [3.05, 3.63) is 89.2 Å². The van der Waals surface area contributed by atoms with E-state index in [-0.39, 0.29) is 5.91 Å². The molecule has 1 amide bonds. The fourth-order valence-corrected chi connectivity index (χ4v) is 4.44. The summed E-state index contributed by atoms with van der Waals surface area (Å²) in [4.78, 5) is 24.0. The Morgan fingerprint density at radius 1 is 1.04 bits per heavy atom. The third kappa shape index (κ3) is 3.94. The second-order valence-corrected chi connectivity index (χ2v) is 7.94. The smallest absolute Gasteiger partial charge is 0.233 e. The molecule has 4 aromatic rings. The van der Waals surface area contributed by atoms with Crippen LogP contribution in [0.2, 0.25) is 0 Å². The molecule has 0 saturated carbocycles. The fourth-order valence-electron chi connectivity index (χ4n) is 3.28. The highest BCUT2D eigenvalue weighted by Gasteiger charge is 2.21. The van der Waals surface area contributed by atoms with E-state index in [0.717, 1.165) is 32.0 Å². The summed E-state index contributed by atoms with van der Waals surface area (Å²) in [7, 11) is 0. The summed E-state index contributed by atoms with van der Waals surface area (Å²) in [5.74, 6) is 0.0310. The predicted molar refractivity (Wildman–Crippen MR) is 115 cm³/mol. The first-order chi connectivity index (χ1) is 13.6. The number of hydrogen-bond acceptors (Lipinski definition) is 4. The monoisotopic (exact) mass is 387 g/mol. The first kappa shape index (κ1) is 18.3. The van der Waals surface area contributed by atoms with Gasteiger partial charge in [-0.2, -0.15) is 0 Å². The highest BCUT2D eigenvalue weighted by molar-refractivity contribution is 7.22. The van der Waals surface area contributed by atoms with Crippen molar-refractivity contribution < 1.29 is 4.79 Å². The Morgan fingerprint density at radius 3 is 2.57 bits per heavy atom. The van der Waals surface area contributed by atoms with Gasteiger partial charge in [0.15, 0.2) is 5.13 Å². The van der Waals surface area contributed by atoms with E-state index >= 15 is 0 Å². The van der Waals surface area contributed by atoms with E-state index in [4.69, 9.17) is 4.98 Å². The number of anilines is 1. The van der Waals surface area contributed by atoms with Crippen LogP contribution in [-0.4, -0.2) is 15.9 Å². The quantitative estimate of drug-likeness (QED) is 0.479. The predicted octanol–water partition coefficient (Wildman–Crippen LogP) is 5.08. The van der Waals surface area contributed by atoms with Crippen molar-refractivity contribution in [2.24, 2.45) is 0 Å². The Bertz CT molecular complexity index is 1110. The highest BCUT2D eigenvalue weighted by Crippen LogP contribution is 2.32. The molecule has 2 aromatic heterocycles. The van der Waals surface area contributed by atoms with Crippen molar-refractivity contribution in [2.45, 2.75) is 26.8 Å². The summed E-state index contributed by atoms with van der Waals surface area (Å²) in [6, 6.07) is 18.0. The summed E-state index contributed by atoms with van der Waals surface area (Å²) in [6.07, 6.45) is 3.88. The molecule has 0 aliphatic carbocycles. The van der Waals surface area contributed by atoms with Crippen LogP contribution < -0.4 is 4.90 Å². The second kappa shape index (κ2) is 7.90. The minimum absolute atomic E-state index is 0.0310. The van der Waals surface area contributed by atoms with E-state index in [1.165, 1.54) is 5.56 Å². The third-order valence-corrected chi connectivity index (χ3v) is 5.64. The Balaban J connectivity index is 1.72. The van der Waals surface area contributed by atoms with Gasteiger partial charge in [-0.25, -0.2) is 4.98 Å². The third-order valence-electron chi connectivity index (χ3n) is 4.61. The molecule has 28 heavy (non-hydrogen) atoms. The molecule has 0 radical (unpaired) electrons. The number of rotatable bonds is 5. The Morgan fingerprint density at radius 2 is 1.82 bits per heavy atom. The number of hydrogen-bond donors (Lipinski definition) is 0. The summed E-state index contributed by atoms with van der Waals surface area (Å²) >= 11 is 1.57. The molecule has 0 spiro atoms. The van der Waals surface area contributed by atoms with Gasteiger partial charge in [0.05, 0.1) is 23.2 Å².